The Balaban J connectivity index is 0.948. The molecule has 7 aromatic carbocycles. The number of para-hydroxylation sites is 3. The average Bonchev–Trinajstić information content (AvgIpc) is 3.93. The third kappa shape index (κ3) is 5.06. The van der Waals surface area contributed by atoms with Gasteiger partial charge in [0.2, 0.25) is 0 Å². The number of pyridine rings is 2. The van der Waals surface area contributed by atoms with Gasteiger partial charge in [-0.3, -0.25) is 0 Å². The molecule has 0 saturated heterocycles. The molecule has 1 aliphatic rings. The Morgan fingerprint density at radius 1 is 0.316 bits per heavy atom. The van der Waals surface area contributed by atoms with Crippen molar-refractivity contribution in [3.8, 4) is 56.4 Å². The summed E-state index contributed by atoms with van der Waals surface area (Å²) in [4.78, 5) is 10.8. The van der Waals surface area contributed by atoms with Crippen LogP contribution in [0.3, 0.4) is 0 Å². The van der Waals surface area contributed by atoms with Crippen LogP contribution in [0.25, 0.3) is 100 Å². The lowest BCUT2D eigenvalue weighted by Crippen LogP contribution is -2.21. The van der Waals surface area contributed by atoms with Crippen LogP contribution in [-0.4, -0.2) is 28.6 Å². The lowest BCUT2D eigenvalue weighted by atomic mass is 10.0. The van der Waals surface area contributed by atoms with E-state index in [-0.39, 0.29) is 0 Å². The van der Waals surface area contributed by atoms with Crippen LogP contribution in [0.5, 0.6) is 0 Å². The minimum atomic E-state index is -0.687. The van der Waals surface area contributed by atoms with Gasteiger partial charge in [0, 0.05) is 44.0 Å². The predicted molar refractivity (Wildman–Crippen MR) is 240 cm³/mol. The van der Waals surface area contributed by atoms with Crippen molar-refractivity contribution in [2.45, 2.75) is 0 Å². The summed E-state index contributed by atoms with van der Waals surface area (Å²) in [5, 5.41) is 7.65. The van der Waals surface area contributed by atoms with Gasteiger partial charge >= 0.3 is 0 Å². The standard InChI is InChI=1S/C52H34N4Si/c1-3-12-33(13-4-1)34-14-11-17-38(30-34)56-46-21-10-8-19-40(46)42-31-35(23-27-47(42)56)43-25-28-49-51(53-43)52-50(57-49)29-26-44(54-52)36-22-24-41-39-18-7-9-20-45(39)55(48(41)32-36)37-15-5-2-6-16-37/h1-32H,57H2. The molecule has 1 aliphatic heterocycles. The zero-order chi connectivity index (χ0) is 37.5. The monoisotopic (exact) mass is 742 g/mol. The molecule has 4 nitrogen and oxygen atoms in total. The maximum Gasteiger partial charge on any atom is 0.0933 e. The van der Waals surface area contributed by atoms with Crippen molar-refractivity contribution in [2.24, 2.45) is 0 Å². The van der Waals surface area contributed by atoms with E-state index in [1.165, 1.54) is 65.1 Å². The number of rotatable bonds is 5. The van der Waals surface area contributed by atoms with Gasteiger partial charge < -0.3 is 9.13 Å². The Hall–Kier alpha value is -7.34. The molecule has 57 heavy (non-hydrogen) atoms. The van der Waals surface area contributed by atoms with Crippen LogP contribution in [0.15, 0.2) is 194 Å². The highest BCUT2D eigenvalue weighted by Gasteiger charge is 2.24. The summed E-state index contributed by atoms with van der Waals surface area (Å²) in [7, 11) is -0.687. The fourth-order valence-corrected chi connectivity index (χ4v) is 10.8. The van der Waals surface area contributed by atoms with Crippen molar-refractivity contribution < 1.29 is 0 Å². The van der Waals surface area contributed by atoms with E-state index in [1.807, 2.05) is 0 Å². The van der Waals surface area contributed by atoms with Crippen LogP contribution in [0.4, 0.5) is 0 Å². The summed E-state index contributed by atoms with van der Waals surface area (Å²) < 4.78 is 4.76. The second-order valence-electron chi connectivity index (χ2n) is 15.0. The number of nitrogens with zero attached hydrogens (tertiary/aromatic N) is 4. The van der Waals surface area contributed by atoms with E-state index in [0.717, 1.165) is 45.3 Å². The molecule has 4 aromatic heterocycles. The summed E-state index contributed by atoms with van der Waals surface area (Å²) in [6.07, 6.45) is 0. The molecule has 11 aromatic rings. The fraction of sp³-hybridized carbons (Fsp3) is 0. The van der Waals surface area contributed by atoms with Crippen LogP contribution >= 0.6 is 0 Å². The minimum absolute atomic E-state index is 0.687. The van der Waals surface area contributed by atoms with Gasteiger partial charge in [-0.15, -0.1) is 0 Å². The van der Waals surface area contributed by atoms with Gasteiger partial charge in [-0.1, -0.05) is 127 Å². The smallest absolute Gasteiger partial charge is 0.0933 e. The molecule has 0 N–H and O–H groups in total. The molecule has 0 unspecified atom stereocenters. The second-order valence-corrected chi connectivity index (χ2v) is 16.9. The van der Waals surface area contributed by atoms with E-state index in [9.17, 15) is 0 Å². The molecular formula is C52H34N4Si. The molecule has 0 spiro atoms. The maximum atomic E-state index is 5.39. The molecule has 0 aliphatic carbocycles. The number of hydrogen-bond donors (Lipinski definition) is 0. The molecule has 0 amide bonds. The van der Waals surface area contributed by atoms with Gasteiger partial charge in [0.1, 0.15) is 0 Å². The summed E-state index contributed by atoms with van der Waals surface area (Å²) in [5.74, 6) is 0. The largest absolute Gasteiger partial charge is 0.309 e. The highest BCUT2D eigenvalue weighted by atomic mass is 28.2. The van der Waals surface area contributed by atoms with E-state index >= 15 is 0 Å². The molecular weight excluding hydrogens is 709 g/mol. The Kier molecular flexibility index (Phi) is 7.06. The van der Waals surface area contributed by atoms with Crippen molar-refractivity contribution in [1.29, 1.82) is 0 Å². The molecule has 12 rings (SSSR count). The Labute approximate surface area is 331 Å². The third-order valence-electron chi connectivity index (χ3n) is 11.7. The van der Waals surface area contributed by atoms with Crippen molar-refractivity contribution in [1.82, 2.24) is 19.1 Å². The summed E-state index contributed by atoms with van der Waals surface area (Å²) in [5.41, 5.74) is 15.7. The van der Waals surface area contributed by atoms with Crippen LogP contribution < -0.4 is 10.4 Å². The van der Waals surface area contributed by atoms with Gasteiger partial charge in [0.15, 0.2) is 0 Å². The predicted octanol–water partition coefficient (Wildman–Crippen LogP) is 10.8. The maximum absolute atomic E-state index is 5.39. The number of fused-ring (bicyclic) bond motifs is 9. The molecule has 0 atom stereocenters. The first-order valence-corrected chi connectivity index (χ1v) is 21.0. The lowest BCUT2D eigenvalue weighted by molar-refractivity contribution is 1.18. The molecule has 5 heterocycles. The molecule has 0 saturated carbocycles. The van der Waals surface area contributed by atoms with Gasteiger partial charge in [-0.2, -0.15) is 0 Å². The van der Waals surface area contributed by atoms with E-state index in [1.54, 1.807) is 0 Å². The van der Waals surface area contributed by atoms with E-state index in [4.69, 9.17) is 9.97 Å². The molecule has 266 valence electrons. The highest BCUT2D eigenvalue weighted by Crippen LogP contribution is 2.37. The van der Waals surface area contributed by atoms with Crippen LogP contribution in [-0.2, 0) is 0 Å². The van der Waals surface area contributed by atoms with E-state index < -0.39 is 9.52 Å². The molecule has 0 fully saturated rings. The quantitative estimate of drug-likeness (QED) is 0.165. The zero-order valence-electron chi connectivity index (χ0n) is 31.0. The number of aromatic nitrogens is 4. The summed E-state index contributed by atoms with van der Waals surface area (Å²) in [6, 6.07) is 70.1. The summed E-state index contributed by atoms with van der Waals surface area (Å²) in [6.45, 7) is 0. The Bertz CT molecular complexity index is 3380. The number of hydrogen-bond acceptors (Lipinski definition) is 2. The first-order valence-electron chi connectivity index (χ1n) is 19.5. The van der Waals surface area contributed by atoms with Crippen LogP contribution in [0.2, 0.25) is 0 Å². The van der Waals surface area contributed by atoms with Crippen molar-refractivity contribution in [3.05, 3.63) is 194 Å². The van der Waals surface area contributed by atoms with Crippen molar-refractivity contribution >= 4 is 63.5 Å². The van der Waals surface area contributed by atoms with E-state index in [2.05, 4.69) is 203 Å². The summed E-state index contributed by atoms with van der Waals surface area (Å²) >= 11 is 0. The average molecular weight is 743 g/mol. The van der Waals surface area contributed by atoms with E-state index in [0.29, 0.717) is 0 Å². The topological polar surface area (TPSA) is 35.6 Å². The van der Waals surface area contributed by atoms with Gasteiger partial charge in [-0.05, 0) is 88.2 Å². The molecule has 5 heteroatoms. The first kappa shape index (κ1) is 32.0. The normalized spacial score (nSPS) is 12.6. The van der Waals surface area contributed by atoms with Gasteiger partial charge in [0.05, 0.1) is 54.4 Å². The lowest BCUT2D eigenvalue weighted by Gasteiger charge is -2.11. The van der Waals surface area contributed by atoms with Gasteiger partial charge in [0.25, 0.3) is 0 Å². The molecule has 0 bridgehead atoms. The van der Waals surface area contributed by atoms with Gasteiger partial charge in [-0.25, -0.2) is 9.97 Å². The SMILES string of the molecule is c1ccc(-c2cccc(-n3c4ccccc4c4cc(-c5ccc6c(n5)-c5nc(-c7ccc8c9ccccc9n(-c9ccccc9)c8c7)ccc5[SiH2]6)ccc43)c2)cc1. The van der Waals surface area contributed by atoms with Crippen molar-refractivity contribution in [3.63, 3.8) is 0 Å². The number of benzene rings is 7. The second kappa shape index (κ2) is 12.6. The van der Waals surface area contributed by atoms with Crippen LogP contribution in [0.1, 0.15) is 0 Å². The zero-order valence-corrected chi connectivity index (χ0v) is 32.4. The Morgan fingerprint density at radius 3 is 1.56 bits per heavy atom. The van der Waals surface area contributed by atoms with Crippen LogP contribution in [0, 0.1) is 0 Å². The van der Waals surface area contributed by atoms with Crippen molar-refractivity contribution in [2.75, 3.05) is 0 Å². The Morgan fingerprint density at radius 2 is 0.842 bits per heavy atom. The minimum Gasteiger partial charge on any atom is -0.309 e. The highest BCUT2D eigenvalue weighted by molar-refractivity contribution is 6.73. The molecule has 0 radical (unpaired) electrons. The fourth-order valence-electron chi connectivity index (χ4n) is 9.05. The first-order chi connectivity index (χ1) is 28.2. The third-order valence-corrected chi connectivity index (χ3v) is 13.6.